The molecule has 1 amide bonds. The molecule has 6 heteroatoms. The second-order valence-electron chi connectivity index (χ2n) is 9.98. The van der Waals surface area contributed by atoms with Gasteiger partial charge in [-0.25, -0.2) is 4.98 Å². The van der Waals surface area contributed by atoms with Crippen molar-refractivity contribution in [2.75, 3.05) is 5.32 Å². The number of amides is 1. The second kappa shape index (κ2) is 10.6. The van der Waals surface area contributed by atoms with Crippen molar-refractivity contribution in [3.8, 4) is 0 Å². The lowest BCUT2D eigenvalue weighted by Gasteiger charge is -2.26. The van der Waals surface area contributed by atoms with Crippen LogP contribution in [0.2, 0.25) is 0 Å². The maximum atomic E-state index is 13.3. The van der Waals surface area contributed by atoms with Gasteiger partial charge in [-0.1, -0.05) is 62.8 Å². The standard InChI is InChI=1S/C28H37N5O/c29-18-20-9-7-10-21(17-20)19-30-28(34)24-15-8-16-33-26(24)32-25(22-11-3-1-4-12-22)27(33)31-23-13-5-2-6-14-23/h7-10,15-17,22-23,31H,1-6,11-14,18-19,29H2,(H,30,34). The predicted molar refractivity (Wildman–Crippen MR) is 137 cm³/mol. The molecule has 34 heavy (non-hydrogen) atoms. The number of fused-ring (bicyclic) bond motifs is 1. The Morgan fingerprint density at radius 3 is 2.47 bits per heavy atom. The predicted octanol–water partition coefficient (Wildman–Crippen LogP) is 5.52. The Labute approximate surface area is 202 Å². The minimum Gasteiger partial charge on any atom is -0.367 e. The molecule has 0 spiro atoms. The van der Waals surface area contributed by atoms with Gasteiger partial charge in [0.1, 0.15) is 5.82 Å². The summed E-state index contributed by atoms with van der Waals surface area (Å²) >= 11 is 0. The summed E-state index contributed by atoms with van der Waals surface area (Å²) in [5.74, 6) is 1.49. The number of hydrogen-bond acceptors (Lipinski definition) is 4. The van der Waals surface area contributed by atoms with E-state index in [9.17, 15) is 4.79 Å². The summed E-state index contributed by atoms with van der Waals surface area (Å²) in [7, 11) is 0. The molecular weight excluding hydrogens is 422 g/mol. The molecule has 6 nitrogen and oxygen atoms in total. The fourth-order valence-electron chi connectivity index (χ4n) is 5.65. The molecular formula is C28H37N5O. The van der Waals surface area contributed by atoms with E-state index in [1.165, 1.54) is 64.2 Å². The van der Waals surface area contributed by atoms with E-state index in [1.54, 1.807) is 0 Å². The number of nitrogens with two attached hydrogens (primary N) is 1. The smallest absolute Gasteiger partial charge is 0.255 e. The zero-order valence-electron chi connectivity index (χ0n) is 20.1. The van der Waals surface area contributed by atoms with Crippen LogP contribution in [-0.2, 0) is 13.1 Å². The van der Waals surface area contributed by atoms with E-state index in [2.05, 4.69) is 21.2 Å². The summed E-state index contributed by atoms with van der Waals surface area (Å²) in [5, 5.41) is 6.96. The number of pyridine rings is 1. The molecule has 0 bridgehead atoms. The molecule has 0 unspecified atom stereocenters. The molecule has 0 radical (unpaired) electrons. The summed E-state index contributed by atoms with van der Waals surface area (Å²) in [6.07, 6.45) is 14.6. The minimum atomic E-state index is -0.0897. The molecule has 2 fully saturated rings. The highest BCUT2D eigenvalue weighted by Gasteiger charge is 2.27. The van der Waals surface area contributed by atoms with Crippen LogP contribution >= 0.6 is 0 Å². The van der Waals surface area contributed by atoms with Crippen molar-refractivity contribution in [1.29, 1.82) is 0 Å². The first-order valence-electron chi connectivity index (χ1n) is 13.1. The molecule has 2 heterocycles. The first-order valence-corrected chi connectivity index (χ1v) is 13.1. The van der Waals surface area contributed by atoms with Crippen molar-refractivity contribution in [2.24, 2.45) is 5.73 Å². The number of nitrogens with zero attached hydrogens (tertiary/aromatic N) is 2. The summed E-state index contributed by atoms with van der Waals surface area (Å²) in [6, 6.07) is 12.4. The highest BCUT2D eigenvalue weighted by molar-refractivity contribution is 6.00. The molecule has 0 atom stereocenters. The average molecular weight is 460 g/mol. The third kappa shape index (κ3) is 4.97. The lowest BCUT2D eigenvalue weighted by molar-refractivity contribution is 0.0952. The molecule has 180 valence electrons. The van der Waals surface area contributed by atoms with Gasteiger partial charge in [-0.05, 0) is 48.9 Å². The number of anilines is 1. The van der Waals surface area contributed by atoms with Crippen molar-refractivity contribution < 1.29 is 4.79 Å². The van der Waals surface area contributed by atoms with Crippen LogP contribution in [0, 0.1) is 0 Å². The van der Waals surface area contributed by atoms with Crippen molar-refractivity contribution in [3.63, 3.8) is 0 Å². The van der Waals surface area contributed by atoms with Gasteiger partial charge in [-0.3, -0.25) is 9.20 Å². The molecule has 0 aliphatic heterocycles. The van der Waals surface area contributed by atoms with E-state index in [-0.39, 0.29) is 5.91 Å². The Kier molecular flexibility index (Phi) is 7.14. The van der Waals surface area contributed by atoms with E-state index in [1.807, 2.05) is 36.4 Å². The van der Waals surface area contributed by atoms with Gasteiger partial charge in [0.2, 0.25) is 0 Å². The number of benzene rings is 1. The monoisotopic (exact) mass is 459 g/mol. The third-order valence-electron chi connectivity index (χ3n) is 7.54. The van der Waals surface area contributed by atoms with Crippen LogP contribution in [0.1, 0.15) is 97.3 Å². The van der Waals surface area contributed by atoms with Gasteiger partial charge >= 0.3 is 0 Å². The van der Waals surface area contributed by atoms with Gasteiger partial charge in [-0.2, -0.15) is 0 Å². The summed E-state index contributed by atoms with van der Waals surface area (Å²) in [6.45, 7) is 0.965. The van der Waals surface area contributed by atoms with E-state index in [0.29, 0.717) is 30.6 Å². The van der Waals surface area contributed by atoms with Crippen LogP contribution in [0.5, 0.6) is 0 Å². The molecule has 1 aromatic carbocycles. The summed E-state index contributed by atoms with van der Waals surface area (Å²) < 4.78 is 2.13. The molecule has 4 N–H and O–H groups in total. The van der Waals surface area contributed by atoms with Crippen LogP contribution in [0.3, 0.4) is 0 Å². The largest absolute Gasteiger partial charge is 0.367 e. The molecule has 2 aliphatic rings. The highest BCUT2D eigenvalue weighted by atomic mass is 16.1. The second-order valence-corrected chi connectivity index (χ2v) is 9.98. The number of carbonyl (C=O) groups excluding carboxylic acids is 1. The number of carbonyl (C=O) groups is 1. The molecule has 3 aromatic rings. The van der Waals surface area contributed by atoms with Crippen molar-refractivity contribution >= 4 is 17.4 Å². The fourth-order valence-corrected chi connectivity index (χ4v) is 5.65. The van der Waals surface area contributed by atoms with Crippen LogP contribution in [-0.4, -0.2) is 21.3 Å². The van der Waals surface area contributed by atoms with Gasteiger partial charge in [0.25, 0.3) is 5.91 Å². The van der Waals surface area contributed by atoms with Crippen molar-refractivity contribution in [2.45, 2.75) is 89.3 Å². The van der Waals surface area contributed by atoms with E-state index in [4.69, 9.17) is 10.7 Å². The van der Waals surface area contributed by atoms with Gasteiger partial charge in [0.15, 0.2) is 5.65 Å². The number of hydrogen-bond donors (Lipinski definition) is 3. The first-order chi connectivity index (χ1) is 16.7. The number of aromatic nitrogens is 2. The molecule has 5 rings (SSSR count). The van der Waals surface area contributed by atoms with E-state index in [0.717, 1.165) is 28.3 Å². The Morgan fingerprint density at radius 2 is 1.71 bits per heavy atom. The van der Waals surface area contributed by atoms with Crippen molar-refractivity contribution in [1.82, 2.24) is 14.7 Å². The molecule has 2 saturated carbocycles. The maximum Gasteiger partial charge on any atom is 0.255 e. The maximum absolute atomic E-state index is 13.3. The van der Waals surface area contributed by atoms with E-state index >= 15 is 0 Å². The average Bonchev–Trinajstić information content (AvgIpc) is 3.27. The van der Waals surface area contributed by atoms with E-state index < -0.39 is 0 Å². The Morgan fingerprint density at radius 1 is 0.971 bits per heavy atom. The topological polar surface area (TPSA) is 84.5 Å². The number of imidazole rings is 1. The van der Waals surface area contributed by atoms with Gasteiger partial charge in [-0.15, -0.1) is 0 Å². The zero-order chi connectivity index (χ0) is 23.3. The Balaban J connectivity index is 1.44. The number of rotatable bonds is 7. The van der Waals surface area contributed by atoms with Crippen LogP contribution in [0.15, 0.2) is 42.6 Å². The Hall–Kier alpha value is -2.86. The third-order valence-corrected chi connectivity index (χ3v) is 7.54. The van der Waals surface area contributed by atoms with Crippen LogP contribution < -0.4 is 16.4 Å². The summed E-state index contributed by atoms with van der Waals surface area (Å²) in [4.78, 5) is 18.4. The zero-order valence-corrected chi connectivity index (χ0v) is 20.1. The minimum absolute atomic E-state index is 0.0897. The van der Waals surface area contributed by atoms with Gasteiger partial charge in [0.05, 0.1) is 11.3 Å². The molecule has 2 aliphatic carbocycles. The number of nitrogens with one attached hydrogen (secondary N) is 2. The fraction of sp³-hybridized carbons (Fsp3) is 0.500. The Bertz CT molecular complexity index is 1130. The van der Waals surface area contributed by atoms with Crippen LogP contribution in [0.4, 0.5) is 5.82 Å². The molecule has 0 saturated heterocycles. The van der Waals surface area contributed by atoms with Gasteiger partial charge < -0.3 is 16.4 Å². The highest BCUT2D eigenvalue weighted by Crippen LogP contribution is 2.38. The lowest BCUT2D eigenvalue weighted by Crippen LogP contribution is -2.25. The summed E-state index contributed by atoms with van der Waals surface area (Å²) in [5.41, 5.74) is 10.4. The quantitative estimate of drug-likeness (QED) is 0.435. The SMILES string of the molecule is NCc1cccc(CNC(=O)c2cccn3c(NC4CCCCC4)c(C4CCCCC4)nc23)c1. The normalized spacial score (nSPS) is 17.7. The van der Waals surface area contributed by atoms with Crippen LogP contribution in [0.25, 0.3) is 5.65 Å². The lowest BCUT2D eigenvalue weighted by atomic mass is 9.86. The van der Waals surface area contributed by atoms with Crippen molar-refractivity contribution in [3.05, 3.63) is 65.0 Å². The van der Waals surface area contributed by atoms with Gasteiger partial charge in [0, 0.05) is 31.2 Å². The molecule has 2 aromatic heterocycles. The first kappa shape index (κ1) is 22.9.